The van der Waals surface area contributed by atoms with E-state index >= 15 is 0 Å². The van der Waals surface area contributed by atoms with Crippen LogP contribution in [-0.2, 0) is 9.09 Å². The van der Waals surface area contributed by atoms with Crippen molar-refractivity contribution in [3.8, 4) is 0 Å². The zero-order chi connectivity index (χ0) is 18.7. The van der Waals surface area contributed by atoms with Gasteiger partial charge in [-0.1, -0.05) is 39.0 Å². The third-order valence-electron chi connectivity index (χ3n) is 6.38. The summed E-state index contributed by atoms with van der Waals surface area (Å²) in [4.78, 5) is 0. The molecule has 5 heteroatoms. The number of hydrogen-bond donors (Lipinski definition) is 1. The van der Waals surface area contributed by atoms with E-state index in [-0.39, 0.29) is 11.6 Å². The Bertz CT molecular complexity index is 535. The number of allylic oxidation sites excluding steroid dienone is 1. The lowest BCUT2D eigenvalue weighted by Crippen LogP contribution is -2.54. The summed E-state index contributed by atoms with van der Waals surface area (Å²) in [5, 5.41) is 11.3. The second-order valence-corrected chi connectivity index (χ2v) is 10.0. The first-order valence-electron chi connectivity index (χ1n) is 9.90. The van der Waals surface area contributed by atoms with Crippen molar-refractivity contribution in [1.29, 1.82) is 0 Å². The highest BCUT2D eigenvalue weighted by atomic mass is 31.2. The van der Waals surface area contributed by atoms with Crippen molar-refractivity contribution in [2.24, 2.45) is 0 Å². The Kier molecular flexibility index (Phi) is 6.76. The van der Waals surface area contributed by atoms with E-state index in [0.717, 1.165) is 45.1 Å². The van der Waals surface area contributed by atoms with E-state index in [1.807, 2.05) is 19.1 Å². The van der Waals surface area contributed by atoms with Crippen LogP contribution >= 0.6 is 7.52 Å². The predicted octanol–water partition coefficient (Wildman–Crippen LogP) is 5.28. The Balaban J connectivity index is 2.53. The van der Waals surface area contributed by atoms with Gasteiger partial charge in [0.25, 0.3) is 7.52 Å². The van der Waals surface area contributed by atoms with Crippen LogP contribution in [0.2, 0.25) is 0 Å². The van der Waals surface area contributed by atoms with Crippen molar-refractivity contribution in [1.82, 2.24) is 4.67 Å². The van der Waals surface area contributed by atoms with E-state index in [2.05, 4.69) is 32.0 Å². The van der Waals surface area contributed by atoms with Gasteiger partial charge in [-0.3, -0.25) is 4.57 Å². The molecule has 1 saturated heterocycles. The largest absolute Gasteiger partial charge is 0.385 e. The van der Waals surface area contributed by atoms with E-state index in [9.17, 15) is 9.67 Å². The summed E-state index contributed by atoms with van der Waals surface area (Å²) in [5.74, 6) is 0. The molecule has 0 amide bonds. The lowest BCUT2D eigenvalue weighted by molar-refractivity contribution is 0.0389. The van der Waals surface area contributed by atoms with Crippen LogP contribution in [0.15, 0.2) is 24.8 Å². The predicted molar refractivity (Wildman–Crippen MR) is 105 cm³/mol. The number of rotatable bonds is 7. The Hall–Kier alpha value is -0.410. The summed E-state index contributed by atoms with van der Waals surface area (Å²) >= 11 is 0. The maximum Gasteiger partial charge on any atom is 0.283 e. The fourth-order valence-electron chi connectivity index (χ4n) is 4.60. The van der Waals surface area contributed by atoms with E-state index in [1.165, 1.54) is 0 Å². The molecule has 0 aromatic heterocycles. The molecule has 2 rings (SSSR count). The summed E-state index contributed by atoms with van der Waals surface area (Å²) in [6.07, 6.45) is 11.5. The van der Waals surface area contributed by atoms with Crippen LogP contribution in [0.5, 0.6) is 0 Å². The Morgan fingerprint density at radius 3 is 2.56 bits per heavy atom. The molecule has 0 saturated carbocycles. The Morgan fingerprint density at radius 2 is 2.08 bits per heavy atom. The first-order valence-corrected chi connectivity index (χ1v) is 11.6. The standard InChI is InChI=1S/C20H36NO3P/c1-6-18(20(22)14-11-10-12-15-20)25(23)21(16-13-17(5)24-25)19(7-2,8-3)9-4/h6,11,14,17-18,22H,1,7-10,12-13,15-16H2,2-5H3/t17-,18?,20?,25?/m0/s1. The molecule has 1 aliphatic heterocycles. The van der Waals surface area contributed by atoms with E-state index < -0.39 is 18.8 Å². The molecule has 0 spiro atoms. The first kappa shape index (κ1) is 20.9. The highest BCUT2D eigenvalue weighted by molar-refractivity contribution is 7.57. The zero-order valence-electron chi connectivity index (χ0n) is 16.4. The van der Waals surface area contributed by atoms with E-state index in [4.69, 9.17) is 4.52 Å². The van der Waals surface area contributed by atoms with Crippen molar-refractivity contribution in [3.05, 3.63) is 24.8 Å². The van der Waals surface area contributed by atoms with Gasteiger partial charge in [-0.25, -0.2) is 4.67 Å². The number of aliphatic hydroxyl groups is 1. The SMILES string of the molecule is C=CC(C1(O)C=CCCC1)P1(=O)O[C@@H](C)CCN1C(CC)(CC)CC. The minimum atomic E-state index is -3.28. The van der Waals surface area contributed by atoms with Gasteiger partial charge in [0.2, 0.25) is 0 Å². The molecule has 144 valence electrons. The molecule has 1 aliphatic carbocycles. The molecule has 4 atom stereocenters. The fraction of sp³-hybridized carbons (Fsp3) is 0.800. The molecule has 1 fully saturated rings. The molecule has 4 nitrogen and oxygen atoms in total. The van der Waals surface area contributed by atoms with Gasteiger partial charge in [-0.2, -0.15) is 0 Å². The lowest BCUT2D eigenvalue weighted by Gasteiger charge is -2.53. The molecule has 25 heavy (non-hydrogen) atoms. The van der Waals surface area contributed by atoms with Gasteiger partial charge in [0, 0.05) is 12.1 Å². The maximum atomic E-state index is 14.4. The highest BCUT2D eigenvalue weighted by Gasteiger charge is 2.56. The third-order valence-corrected chi connectivity index (χ3v) is 9.70. The highest BCUT2D eigenvalue weighted by Crippen LogP contribution is 2.66. The summed E-state index contributed by atoms with van der Waals surface area (Å²) < 4.78 is 22.7. The van der Waals surface area contributed by atoms with Gasteiger partial charge in [0.15, 0.2) is 0 Å². The topological polar surface area (TPSA) is 49.8 Å². The van der Waals surface area contributed by atoms with Crippen molar-refractivity contribution >= 4 is 7.52 Å². The first-order chi connectivity index (χ1) is 11.8. The second-order valence-electron chi connectivity index (χ2n) is 7.64. The second kappa shape index (κ2) is 8.08. The van der Waals surface area contributed by atoms with Gasteiger partial charge in [0.1, 0.15) is 5.66 Å². The Labute approximate surface area is 153 Å². The van der Waals surface area contributed by atoms with Gasteiger partial charge in [-0.05, 0) is 51.9 Å². The van der Waals surface area contributed by atoms with Gasteiger partial charge in [0.05, 0.1) is 11.7 Å². The number of nitrogens with zero attached hydrogens (tertiary/aromatic N) is 1. The van der Waals surface area contributed by atoms with Crippen LogP contribution in [0, 0.1) is 0 Å². The summed E-state index contributed by atoms with van der Waals surface area (Å²) in [7, 11) is -3.28. The van der Waals surface area contributed by atoms with Crippen LogP contribution in [0.25, 0.3) is 0 Å². The van der Waals surface area contributed by atoms with Crippen LogP contribution in [-0.4, -0.2) is 39.2 Å². The van der Waals surface area contributed by atoms with Crippen molar-refractivity contribution < 1.29 is 14.2 Å². The fourth-order valence-corrected chi connectivity index (χ4v) is 8.22. The average Bonchev–Trinajstić information content (AvgIpc) is 2.59. The van der Waals surface area contributed by atoms with E-state index in [1.54, 1.807) is 6.08 Å². The summed E-state index contributed by atoms with van der Waals surface area (Å²) in [6, 6.07) is 0. The van der Waals surface area contributed by atoms with E-state index in [0.29, 0.717) is 6.42 Å². The molecule has 3 unspecified atom stereocenters. The van der Waals surface area contributed by atoms with Crippen LogP contribution in [0.4, 0.5) is 0 Å². The molecule has 0 aromatic rings. The molecule has 0 bridgehead atoms. The average molecular weight is 369 g/mol. The lowest BCUT2D eigenvalue weighted by atomic mass is 9.88. The van der Waals surface area contributed by atoms with Crippen molar-refractivity contribution in [3.63, 3.8) is 0 Å². The quantitative estimate of drug-likeness (QED) is 0.490. The Morgan fingerprint density at radius 1 is 1.44 bits per heavy atom. The third kappa shape index (κ3) is 3.69. The van der Waals surface area contributed by atoms with Gasteiger partial charge < -0.3 is 9.63 Å². The summed E-state index contributed by atoms with van der Waals surface area (Å²) in [5.41, 5.74) is -1.89. The monoisotopic (exact) mass is 369 g/mol. The molecule has 1 heterocycles. The van der Waals surface area contributed by atoms with Crippen LogP contribution in [0.3, 0.4) is 0 Å². The van der Waals surface area contributed by atoms with Crippen molar-refractivity contribution in [2.45, 2.75) is 95.5 Å². The van der Waals surface area contributed by atoms with Crippen LogP contribution in [0.1, 0.15) is 72.6 Å². The number of hydrogen-bond acceptors (Lipinski definition) is 3. The molecule has 1 N–H and O–H groups in total. The minimum Gasteiger partial charge on any atom is -0.385 e. The zero-order valence-corrected chi connectivity index (χ0v) is 17.3. The molecule has 2 aliphatic rings. The van der Waals surface area contributed by atoms with Gasteiger partial charge in [-0.15, -0.1) is 6.58 Å². The maximum absolute atomic E-state index is 14.4. The molecular weight excluding hydrogens is 333 g/mol. The van der Waals surface area contributed by atoms with Crippen LogP contribution < -0.4 is 0 Å². The normalized spacial score (nSPS) is 35.5. The molecule has 0 aromatic carbocycles. The van der Waals surface area contributed by atoms with Crippen molar-refractivity contribution in [2.75, 3.05) is 6.54 Å². The summed E-state index contributed by atoms with van der Waals surface area (Å²) in [6.45, 7) is 13.2. The minimum absolute atomic E-state index is 0.0658. The van der Waals surface area contributed by atoms with Gasteiger partial charge >= 0.3 is 0 Å². The molecular formula is C20H36NO3P. The molecule has 0 radical (unpaired) electrons. The smallest absolute Gasteiger partial charge is 0.283 e.